The van der Waals surface area contributed by atoms with Gasteiger partial charge >= 0.3 is 218 Å². The molecule has 35 heavy (non-hydrogen) atoms. The zero-order valence-corrected chi connectivity index (χ0v) is 22.6. The molecule has 0 spiro atoms. The van der Waals surface area contributed by atoms with Crippen LogP contribution in [0.5, 0.6) is 0 Å². The van der Waals surface area contributed by atoms with Gasteiger partial charge in [0.1, 0.15) is 0 Å². The van der Waals surface area contributed by atoms with Gasteiger partial charge in [-0.1, -0.05) is 0 Å². The van der Waals surface area contributed by atoms with Crippen molar-refractivity contribution in [3.63, 3.8) is 0 Å². The van der Waals surface area contributed by atoms with Crippen LogP contribution in [0, 0.1) is 0 Å². The predicted octanol–water partition coefficient (Wildman–Crippen LogP) is 8.74. The Morgan fingerprint density at radius 2 is 1.29 bits per heavy atom. The Bertz CT molecular complexity index is 1650. The molecule has 0 radical (unpaired) electrons. The predicted molar refractivity (Wildman–Crippen MR) is 151 cm³/mol. The molecule has 170 valence electrons. The molecule has 0 unspecified atom stereocenters. The molecule has 6 rings (SSSR count). The molecule has 0 aliphatic heterocycles. The van der Waals surface area contributed by atoms with Crippen LogP contribution in [0.4, 0.5) is 0 Å². The van der Waals surface area contributed by atoms with E-state index in [0.717, 1.165) is 5.52 Å². The second-order valence-corrected chi connectivity index (χ2v) is 13.0. The van der Waals surface area contributed by atoms with Crippen LogP contribution in [-0.4, -0.2) is 25.4 Å². The van der Waals surface area contributed by atoms with Crippen molar-refractivity contribution >= 4 is 40.1 Å². The number of rotatable bonds is 3. The van der Waals surface area contributed by atoms with Gasteiger partial charge in [0, 0.05) is 0 Å². The van der Waals surface area contributed by atoms with Gasteiger partial charge in [-0.3, -0.25) is 0 Å². The fourth-order valence-electron chi connectivity index (χ4n) is 4.83. The van der Waals surface area contributed by atoms with E-state index in [4.69, 9.17) is 4.98 Å². The Morgan fingerprint density at radius 3 is 2.06 bits per heavy atom. The zero-order chi connectivity index (χ0) is 24.0. The minimum atomic E-state index is -0.602. The van der Waals surface area contributed by atoms with E-state index in [-0.39, 0.29) is 5.41 Å². The molecule has 1 aromatic heterocycles. The Balaban J connectivity index is 1.46. The molecule has 0 atom stereocenters. The summed E-state index contributed by atoms with van der Waals surface area (Å²) in [7, 11) is 0. The van der Waals surface area contributed by atoms with Crippen LogP contribution in [0.1, 0.15) is 26.3 Å². The summed E-state index contributed by atoms with van der Waals surface area (Å²) >= 11 is -0.602. The van der Waals surface area contributed by atoms with Crippen LogP contribution in [0.2, 0.25) is 0 Å². The van der Waals surface area contributed by atoms with Crippen LogP contribution in [0.25, 0.3) is 51.2 Å². The summed E-state index contributed by atoms with van der Waals surface area (Å²) in [6.45, 7) is 6.91. The topological polar surface area (TPSA) is 12.9 Å². The van der Waals surface area contributed by atoms with Crippen LogP contribution < -0.4 is 0 Å². The van der Waals surface area contributed by atoms with Crippen LogP contribution in [0.15, 0.2) is 109 Å². The Kier molecular flexibility index (Phi) is 5.60. The Morgan fingerprint density at radius 1 is 0.600 bits per heavy atom. The van der Waals surface area contributed by atoms with Crippen molar-refractivity contribution in [3.05, 3.63) is 115 Å². The first-order chi connectivity index (χ1) is 17.0. The van der Waals surface area contributed by atoms with E-state index >= 15 is 0 Å². The van der Waals surface area contributed by atoms with Gasteiger partial charge in [-0.05, 0) is 0 Å². The molecule has 5 aromatic carbocycles. The van der Waals surface area contributed by atoms with Crippen molar-refractivity contribution in [2.75, 3.05) is 0 Å². The molecule has 0 amide bonds. The van der Waals surface area contributed by atoms with Crippen LogP contribution in [0.3, 0.4) is 0 Å². The van der Waals surface area contributed by atoms with E-state index in [1.54, 1.807) is 0 Å². The van der Waals surface area contributed by atoms with Gasteiger partial charge in [-0.25, -0.2) is 0 Å². The molecule has 0 aliphatic carbocycles. The van der Waals surface area contributed by atoms with E-state index in [9.17, 15) is 0 Å². The van der Waals surface area contributed by atoms with E-state index in [0.29, 0.717) is 0 Å². The van der Waals surface area contributed by atoms with E-state index < -0.39 is 20.4 Å². The summed E-state index contributed by atoms with van der Waals surface area (Å²) in [6.07, 6.45) is 0. The first kappa shape index (κ1) is 22.3. The third-order valence-electron chi connectivity index (χ3n) is 6.63. The summed E-state index contributed by atoms with van der Waals surface area (Å²) in [5, 5.41) is 2.65. The number of benzene rings is 5. The van der Waals surface area contributed by atoms with Gasteiger partial charge in [-0.2, -0.15) is 0 Å². The van der Waals surface area contributed by atoms with Gasteiger partial charge in [0.05, 0.1) is 0 Å². The number of fused-ring (bicyclic) bond motifs is 2. The molecule has 0 saturated heterocycles. The summed E-state index contributed by atoms with van der Waals surface area (Å²) < 4.78 is 2.74. The monoisotopic (exact) mass is 567 g/mol. The first-order valence-corrected chi connectivity index (χ1v) is 14.4. The van der Waals surface area contributed by atoms with E-state index in [1.807, 2.05) is 0 Å². The number of aromatic nitrogens is 1. The Labute approximate surface area is 216 Å². The average Bonchev–Trinajstić information content (AvgIpc) is 3.33. The second kappa shape index (κ2) is 8.80. The van der Waals surface area contributed by atoms with E-state index in [2.05, 4.69) is 130 Å². The third-order valence-corrected chi connectivity index (χ3v) is 9.93. The van der Waals surface area contributed by atoms with Crippen molar-refractivity contribution in [2.24, 2.45) is 0 Å². The van der Waals surface area contributed by atoms with Gasteiger partial charge in [-0.15, -0.1) is 0 Å². The molecule has 0 aliphatic rings. The normalized spacial score (nSPS) is 11.9. The number of hydrogen-bond acceptors (Lipinski definition) is 1. The maximum absolute atomic E-state index is 5.18. The van der Waals surface area contributed by atoms with Gasteiger partial charge < -0.3 is 0 Å². The molecule has 0 N–H and O–H groups in total. The molecule has 6 aromatic rings. The minimum absolute atomic E-state index is 0.0772. The standard InChI is InChI=1S/C33H27NTe/c1-33(2,3)29-21-26(20-25-12-7-8-13-27(25)29)32-34-30-15-9-14-28(31(30)35-32)24-18-16-23(17-19-24)22-10-5-4-6-11-22/h4-21H,1-3H3. The summed E-state index contributed by atoms with van der Waals surface area (Å²) in [4.78, 5) is 5.18. The first-order valence-electron chi connectivity index (χ1n) is 12.1. The van der Waals surface area contributed by atoms with Gasteiger partial charge in [0.25, 0.3) is 0 Å². The quantitative estimate of drug-likeness (QED) is 0.196. The summed E-state index contributed by atoms with van der Waals surface area (Å²) in [5.41, 5.74) is 9.03. The molecule has 0 saturated carbocycles. The molecule has 0 fully saturated rings. The van der Waals surface area contributed by atoms with Crippen molar-refractivity contribution in [1.29, 1.82) is 0 Å². The zero-order valence-electron chi connectivity index (χ0n) is 20.2. The fraction of sp³-hybridized carbons (Fsp3) is 0.121. The van der Waals surface area contributed by atoms with Gasteiger partial charge in [0.15, 0.2) is 0 Å². The maximum atomic E-state index is 5.18. The van der Waals surface area contributed by atoms with Gasteiger partial charge in [0.2, 0.25) is 0 Å². The van der Waals surface area contributed by atoms with Crippen molar-refractivity contribution in [1.82, 2.24) is 4.98 Å². The molecule has 1 nitrogen and oxygen atoms in total. The summed E-state index contributed by atoms with van der Waals surface area (Å²) in [5.74, 6) is 0. The fourth-order valence-corrected chi connectivity index (χ4v) is 7.93. The van der Waals surface area contributed by atoms with Crippen molar-refractivity contribution in [2.45, 2.75) is 26.2 Å². The molecule has 1 heterocycles. The van der Waals surface area contributed by atoms with Crippen LogP contribution >= 0.6 is 0 Å². The molecular formula is C33H27NTe. The molecular weight excluding hydrogens is 538 g/mol. The molecule has 2 heteroatoms. The van der Waals surface area contributed by atoms with Crippen LogP contribution in [-0.2, 0) is 5.41 Å². The van der Waals surface area contributed by atoms with Crippen molar-refractivity contribution in [3.8, 4) is 31.5 Å². The average molecular weight is 565 g/mol. The SMILES string of the molecule is CC(C)(C)c1cc(-c2nc3cccc(-c4ccc(-c5ccccc5)cc4)c3[te]2)cc2ccccc12. The Hall–Kier alpha value is -3.18. The van der Waals surface area contributed by atoms with Crippen molar-refractivity contribution < 1.29 is 0 Å². The second-order valence-electron chi connectivity index (χ2n) is 10.1. The number of nitrogens with zero attached hydrogens (tertiary/aromatic N) is 1. The molecule has 0 bridgehead atoms. The van der Waals surface area contributed by atoms with E-state index in [1.165, 1.54) is 51.3 Å². The third kappa shape index (κ3) is 4.23. The number of hydrogen-bond donors (Lipinski definition) is 0. The summed E-state index contributed by atoms with van der Waals surface area (Å²) in [6, 6.07) is 39.7.